The van der Waals surface area contributed by atoms with Crippen LogP contribution in [0.4, 0.5) is 0 Å². The minimum Gasteiger partial charge on any atom is -0.495 e. The Balaban J connectivity index is 0.000000521. The minimum absolute atomic E-state index is 0.174. The number of epoxide rings is 1. The van der Waals surface area contributed by atoms with E-state index in [-0.39, 0.29) is 29.9 Å². The van der Waals surface area contributed by atoms with Crippen molar-refractivity contribution >= 4 is 35.4 Å². The molecule has 1 fully saturated rings. The van der Waals surface area contributed by atoms with Gasteiger partial charge in [-0.1, -0.05) is 74.8 Å². The molecular weight excluding hydrogens is 612 g/mol. The van der Waals surface area contributed by atoms with Gasteiger partial charge in [0.1, 0.15) is 17.9 Å². The van der Waals surface area contributed by atoms with Crippen LogP contribution in [0, 0.1) is 11.8 Å². The van der Waals surface area contributed by atoms with Gasteiger partial charge in [-0.3, -0.25) is 14.4 Å². The average molecular weight is 659 g/mol. The summed E-state index contributed by atoms with van der Waals surface area (Å²) in [6.45, 7) is 9.45. The molecule has 1 heterocycles. The largest absolute Gasteiger partial charge is 0.495 e. The summed E-state index contributed by atoms with van der Waals surface area (Å²) < 4.78 is 15.6. The highest BCUT2D eigenvalue weighted by atomic mass is 35.5. The molecule has 1 aliphatic heterocycles. The van der Waals surface area contributed by atoms with Crippen LogP contribution in [0.3, 0.4) is 0 Å². The lowest BCUT2D eigenvalue weighted by Crippen LogP contribution is -2.47. The molecule has 4 unspecified atom stereocenters. The van der Waals surface area contributed by atoms with Gasteiger partial charge < -0.3 is 30.0 Å². The number of carbonyl (C=O) groups excluding carboxylic acids is 3. The Hall–Kier alpha value is -3.89. The lowest BCUT2D eigenvalue weighted by molar-refractivity contribution is -0.163. The number of allylic oxidation sites excluding steroid dienone is 1. The van der Waals surface area contributed by atoms with E-state index in [0.29, 0.717) is 36.1 Å². The molecule has 0 aromatic heterocycles. The standard InChI is InChI=1S/C27H33ClN2O4.C8H14O4/c1-4-29-27(32)22(17-19-14-15-23(33-3)21(28)16-19)30-24(31)13-9-8-10-18(2)25-26(34-25)20-11-6-5-7-12-20;1-5(2)4-7(8(10)11)12-6(3)9/h5-7,9,11-16,18,22,25-26H,4,8,10,17H2,1-3H3,(H,29,32)(H,30,31);5,7H,4H2,1-3H3,(H,10,11)/b13-9+;/t18?,22-,25?,26?;/m1./s1. The van der Waals surface area contributed by atoms with Crippen molar-refractivity contribution in [3.63, 3.8) is 0 Å². The highest BCUT2D eigenvalue weighted by Crippen LogP contribution is 2.44. The van der Waals surface area contributed by atoms with Gasteiger partial charge in [0.05, 0.1) is 18.2 Å². The molecule has 1 aliphatic rings. The number of hydrogen-bond donors (Lipinski definition) is 3. The Kier molecular flexibility index (Phi) is 16.3. The number of methoxy groups -OCH3 is 1. The van der Waals surface area contributed by atoms with Gasteiger partial charge in [0, 0.05) is 19.9 Å². The van der Waals surface area contributed by atoms with Gasteiger partial charge in [0.15, 0.2) is 6.10 Å². The molecule has 0 spiro atoms. The molecule has 2 aromatic rings. The smallest absolute Gasteiger partial charge is 0.345 e. The van der Waals surface area contributed by atoms with Crippen molar-refractivity contribution in [1.29, 1.82) is 0 Å². The molecule has 0 bridgehead atoms. The van der Waals surface area contributed by atoms with Crippen molar-refractivity contribution in [3.05, 3.63) is 76.8 Å². The van der Waals surface area contributed by atoms with Gasteiger partial charge in [-0.2, -0.15) is 0 Å². The monoisotopic (exact) mass is 658 g/mol. The third kappa shape index (κ3) is 13.6. The number of carbonyl (C=O) groups is 4. The minimum atomic E-state index is -1.08. The van der Waals surface area contributed by atoms with Gasteiger partial charge in [0.2, 0.25) is 11.8 Å². The van der Waals surface area contributed by atoms with Crippen LogP contribution in [0.2, 0.25) is 5.02 Å². The van der Waals surface area contributed by atoms with E-state index in [1.807, 2.05) is 51.1 Å². The summed E-state index contributed by atoms with van der Waals surface area (Å²) in [6.07, 6.45) is 5.12. The summed E-state index contributed by atoms with van der Waals surface area (Å²) in [7, 11) is 1.55. The first-order valence-electron chi connectivity index (χ1n) is 15.5. The topological polar surface area (TPSA) is 144 Å². The highest BCUT2D eigenvalue weighted by Gasteiger charge is 2.43. The molecule has 3 N–H and O–H groups in total. The number of rotatable bonds is 16. The maximum Gasteiger partial charge on any atom is 0.345 e. The maximum atomic E-state index is 12.5. The predicted molar refractivity (Wildman–Crippen MR) is 177 cm³/mol. The zero-order chi connectivity index (χ0) is 34.2. The van der Waals surface area contributed by atoms with Crippen molar-refractivity contribution in [3.8, 4) is 5.75 Å². The number of esters is 1. The third-order valence-corrected chi connectivity index (χ3v) is 7.48. The molecule has 0 radical (unpaired) electrons. The quantitative estimate of drug-likeness (QED) is 0.119. The predicted octanol–water partition coefficient (Wildman–Crippen LogP) is 5.67. The lowest BCUT2D eigenvalue weighted by atomic mass is 9.97. The number of ether oxygens (including phenoxy) is 3. The Bertz CT molecular complexity index is 1320. The number of amides is 2. The summed E-state index contributed by atoms with van der Waals surface area (Å²) in [5.41, 5.74) is 2.04. The van der Waals surface area contributed by atoms with Crippen molar-refractivity contribution in [2.24, 2.45) is 11.8 Å². The van der Waals surface area contributed by atoms with Crippen LogP contribution in [0.25, 0.3) is 0 Å². The average Bonchev–Trinajstić information content (AvgIpc) is 3.80. The fraction of sp³-hybridized carbons (Fsp3) is 0.486. The van der Waals surface area contributed by atoms with Crippen LogP contribution in [-0.4, -0.2) is 60.8 Å². The van der Waals surface area contributed by atoms with Crippen LogP contribution in [0.1, 0.15) is 71.1 Å². The molecule has 2 amide bonds. The molecule has 46 heavy (non-hydrogen) atoms. The van der Waals surface area contributed by atoms with E-state index in [2.05, 4.69) is 34.4 Å². The Morgan fingerprint density at radius 2 is 1.78 bits per heavy atom. The van der Waals surface area contributed by atoms with Crippen LogP contribution < -0.4 is 15.4 Å². The molecule has 0 aliphatic carbocycles. The third-order valence-electron chi connectivity index (χ3n) is 7.18. The molecular formula is C35H47ClN2O8. The van der Waals surface area contributed by atoms with Gasteiger partial charge in [-0.05, 0) is 67.4 Å². The zero-order valence-electron chi connectivity index (χ0n) is 27.5. The van der Waals surface area contributed by atoms with E-state index in [4.69, 9.17) is 26.2 Å². The molecule has 3 rings (SSSR count). The summed E-state index contributed by atoms with van der Waals surface area (Å²) in [5, 5.41) is 14.6. The summed E-state index contributed by atoms with van der Waals surface area (Å²) >= 11 is 6.21. The number of nitrogens with one attached hydrogen (secondary N) is 2. The van der Waals surface area contributed by atoms with E-state index < -0.39 is 24.1 Å². The SMILES string of the molecule is CC(=O)OC(CC(C)C)C(=O)O.CCNC(=O)[C@@H](Cc1ccc(OC)c(Cl)c1)NC(=O)/C=C/CCC(C)C1OC1c1ccccc1. The van der Waals surface area contributed by atoms with Crippen LogP contribution >= 0.6 is 11.6 Å². The van der Waals surface area contributed by atoms with E-state index in [1.54, 1.807) is 19.2 Å². The number of benzene rings is 2. The molecule has 10 nitrogen and oxygen atoms in total. The number of likely N-dealkylation sites (N-methyl/N-ethyl adjacent to an activating group) is 1. The fourth-order valence-corrected chi connectivity index (χ4v) is 5.09. The molecule has 2 aromatic carbocycles. The van der Waals surface area contributed by atoms with Gasteiger partial charge >= 0.3 is 11.9 Å². The summed E-state index contributed by atoms with van der Waals surface area (Å²) in [4.78, 5) is 46.0. The normalized spacial score (nSPS) is 17.2. The van der Waals surface area contributed by atoms with E-state index >= 15 is 0 Å². The Labute approximate surface area is 276 Å². The maximum absolute atomic E-state index is 12.5. The van der Waals surface area contributed by atoms with Gasteiger partial charge in [0.25, 0.3) is 0 Å². The first-order chi connectivity index (χ1) is 21.9. The highest BCUT2D eigenvalue weighted by molar-refractivity contribution is 6.32. The van der Waals surface area contributed by atoms with Crippen molar-refractivity contribution in [1.82, 2.24) is 10.6 Å². The molecule has 1 saturated heterocycles. The van der Waals surface area contributed by atoms with E-state index in [0.717, 1.165) is 18.4 Å². The van der Waals surface area contributed by atoms with Crippen LogP contribution in [0.15, 0.2) is 60.7 Å². The Morgan fingerprint density at radius 1 is 1.09 bits per heavy atom. The van der Waals surface area contributed by atoms with E-state index in [9.17, 15) is 19.2 Å². The number of hydrogen-bond acceptors (Lipinski definition) is 7. The molecule has 252 valence electrons. The second kappa shape index (κ2) is 19.6. The van der Waals surface area contributed by atoms with Crippen LogP contribution in [-0.2, 0) is 35.1 Å². The second-order valence-electron chi connectivity index (χ2n) is 11.6. The fourth-order valence-electron chi connectivity index (χ4n) is 4.81. The lowest BCUT2D eigenvalue weighted by Gasteiger charge is -2.18. The zero-order valence-corrected chi connectivity index (χ0v) is 28.2. The van der Waals surface area contributed by atoms with Crippen LogP contribution in [0.5, 0.6) is 5.75 Å². The first-order valence-corrected chi connectivity index (χ1v) is 15.9. The summed E-state index contributed by atoms with van der Waals surface area (Å²) in [6, 6.07) is 14.9. The molecule has 0 saturated carbocycles. The van der Waals surface area contributed by atoms with Crippen molar-refractivity contribution in [2.75, 3.05) is 13.7 Å². The number of aliphatic carboxylic acids is 1. The first kappa shape index (κ1) is 38.3. The second-order valence-corrected chi connectivity index (χ2v) is 12.0. The van der Waals surface area contributed by atoms with Gasteiger partial charge in [-0.25, -0.2) is 4.79 Å². The number of carboxylic acid groups (broad SMARTS) is 1. The van der Waals surface area contributed by atoms with Crippen molar-refractivity contribution in [2.45, 2.75) is 84.7 Å². The number of carboxylic acids is 1. The van der Waals surface area contributed by atoms with Crippen molar-refractivity contribution < 1.29 is 38.5 Å². The molecule has 5 atom stereocenters. The van der Waals surface area contributed by atoms with E-state index in [1.165, 1.54) is 18.6 Å². The Morgan fingerprint density at radius 3 is 2.35 bits per heavy atom. The number of halogens is 1. The molecule has 11 heteroatoms. The summed E-state index contributed by atoms with van der Waals surface area (Å²) in [5.74, 6) is -1.02. The van der Waals surface area contributed by atoms with Gasteiger partial charge in [-0.15, -0.1) is 0 Å².